The molecule has 3 nitrogen and oxygen atoms in total. The zero-order chi connectivity index (χ0) is 11.6. The third-order valence-corrected chi connectivity index (χ3v) is 2.34. The van der Waals surface area contributed by atoms with Crippen LogP contribution in [0.2, 0.25) is 0 Å². The lowest BCUT2D eigenvalue weighted by Crippen LogP contribution is -2.12. The second-order valence-corrected chi connectivity index (χ2v) is 3.80. The van der Waals surface area contributed by atoms with Gasteiger partial charge in [0.1, 0.15) is 5.75 Å². The van der Waals surface area contributed by atoms with Gasteiger partial charge in [0.15, 0.2) is 0 Å². The first kappa shape index (κ1) is 12.8. The maximum absolute atomic E-state index is 5.62. The summed E-state index contributed by atoms with van der Waals surface area (Å²) >= 11 is 0. The largest absolute Gasteiger partial charge is 0.494 e. The van der Waals surface area contributed by atoms with Gasteiger partial charge >= 0.3 is 0 Å². The van der Waals surface area contributed by atoms with E-state index in [4.69, 9.17) is 10.5 Å². The van der Waals surface area contributed by atoms with Crippen LogP contribution in [0.5, 0.6) is 5.75 Å². The molecule has 0 aromatic heterocycles. The van der Waals surface area contributed by atoms with E-state index in [1.165, 1.54) is 12.8 Å². The molecule has 90 valence electrons. The van der Waals surface area contributed by atoms with E-state index in [9.17, 15) is 0 Å². The van der Waals surface area contributed by atoms with Gasteiger partial charge in [0.2, 0.25) is 0 Å². The van der Waals surface area contributed by atoms with Gasteiger partial charge in [-0.05, 0) is 30.7 Å². The molecule has 1 rings (SSSR count). The van der Waals surface area contributed by atoms with Gasteiger partial charge in [0, 0.05) is 18.8 Å². The fourth-order valence-corrected chi connectivity index (χ4v) is 1.43. The van der Waals surface area contributed by atoms with Gasteiger partial charge in [-0.1, -0.05) is 19.8 Å². The maximum Gasteiger partial charge on any atom is 0.119 e. The number of hydrogen-bond donors (Lipinski definition) is 2. The molecular weight excluding hydrogens is 200 g/mol. The van der Waals surface area contributed by atoms with Gasteiger partial charge in [-0.3, -0.25) is 0 Å². The number of hydrogen-bond acceptors (Lipinski definition) is 3. The second kappa shape index (κ2) is 7.99. The van der Waals surface area contributed by atoms with E-state index in [0.717, 1.165) is 31.0 Å². The first-order valence-electron chi connectivity index (χ1n) is 6.03. The first-order chi connectivity index (χ1) is 7.86. The van der Waals surface area contributed by atoms with Crippen molar-refractivity contribution >= 4 is 5.69 Å². The molecule has 0 saturated carbocycles. The highest BCUT2D eigenvalue weighted by molar-refractivity contribution is 5.46. The zero-order valence-electron chi connectivity index (χ0n) is 10.0. The normalized spacial score (nSPS) is 10.1. The van der Waals surface area contributed by atoms with Crippen LogP contribution in [0.15, 0.2) is 24.3 Å². The number of nitrogens with one attached hydrogen (secondary N) is 1. The Morgan fingerprint density at radius 1 is 1.19 bits per heavy atom. The summed E-state index contributed by atoms with van der Waals surface area (Å²) in [6.07, 6.45) is 3.59. The second-order valence-electron chi connectivity index (χ2n) is 3.80. The molecule has 0 radical (unpaired) electrons. The van der Waals surface area contributed by atoms with Crippen molar-refractivity contribution < 1.29 is 4.74 Å². The Morgan fingerprint density at radius 2 is 1.94 bits per heavy atom. The molecule has 0 fully saturated rings. The predicted octanol–water partition coefficient (Wildman–Crippen LogP) is 2.63. The maximum atomic E-state index is 5.62. The Kier molecular flexibility index (Phi) is 6.42. The standard InChI is InChI=1S/C13H22N2O/c1-2-3-4-11-16-13-7-5-12(6-8-13)15-10-9-14/h5-8,15H,2-4,9-11,14H2,1H3. The average Bonchev–Trinajstić information content (AvgIpc) is 2.33. The molecule has 0 atom stereocenters. The summed E-state index contributed by atoms with van der Waals surface area (Å²) in [6, 6.07) is 8.02. The van der Waals surface area contributed by atoms with E-state index in [1.54, 1.807) is 0 Å². The lowest BCUT2D eigenvalue weighted by atomic mass is 10.2. The lowest BCUT2D eigenvalue weighted by molar-refractivity contribution is 0.306. The summed E-state index contributed by atoms with van der Waals surface area (Å²) < 4.78 is 5.62. The predicted molar refractivity (Wildman–Crippen MR) is 69.0 cm³/mol. The van der Waals surface area contributed by atoms with E-state index >= 15 is 0 Å². The van der Waals surface area contributed by atoms with Crippen molar-refractivity contribution in [2.75, 3.05) is 25.0 Å². The van der Waals surface area contributed by atoms with Gasteiger partial charge in [0.25, 0.3) is 0 Å². The van der Waals surface area contributed by atoms with Crippen molar-refractivity contribution in [2.24, 2.45) is 5.73 Å². The van der Waals surface area contributed by atoms with Crippen LogP contribution >= 0.6 is 0 Å². The quantitative estimate of drug-likeness (QED) is 0.665. The Morgan fingerprint density at radius 3 is 2.56 bits per heavy atom. The Balaban J connectivity index is 2.27. The molecule has 0 heterocycles. The minimum Gasteiger partial charge on any atom is -0.494 e. The molecule has 1 aromatic carbocycles. The fraction of sp³-hybridized carbons (Fsp3) is 0.538. The van der Waals surface area contributed by atoms with E-state index < -0.39 is 0 Å². The molecular formula is C13H22N2O. The van der Waals surface area contributed by atoms with Crippen molar-refractivity contribution in [3.8, 4) is 5.75 Å². The zero-order valence-corrected chi connectivity index (χ0v) is 10.0. The lowest BCUT2D eigenvalue weighted by Gasteiger charge is -2.08. The number of ether oxygens (including phenoxy) is 1. The van der Waals surface area contributed by atoms with Crippen LogP contribution in [0.3, 0.4) is 0 Å². The molecule has 16 heavy (non-hydrogen) atoms. The highest BCUT2D eigenvalue weighted by Crippen LogP contribution is 2.15. The first-order valence-corrected chi connectivity index (χ1v) is 6.03. The molecule has 0 bridgehead atoms. The summed E-state index contributed by atoms with van der Waals surface area (Å²) in [5.41, 5.74) is 6.50. The number of benzene rings is 1. The Labute approximate surface area is 98.0 Å². The third kappa shape index (κ3) is 5.03. The van der Waals surface area contributed by atoms with E-state index in [2.05, 4.69) is 12.2 Å². The van der Waals surface area contributed by atoms with Crippen LogP contribution in [0, 0.1) is 0 Å². The Hall–Kier alpha value is -1.22. The van der Waals surface area contributed by atoms with Gasteiger partial charge < -0.3 is 15.8 Å². The fourth-order valence-electron chi connectivity index (χ4n) is 1.43. The third-order valence-electron chi connectivity index (χ3n) is 2.34. The molecule has 0 aliphatic rings. The van der Waals surface area contributed by atoms with E-state index in [-0.39, 0.29) is 0 Å². The van der Waals surface area contributed by atoms with Gasteiger partial charge in [-0.2, -0.15) is 0 Å². The van der Waals surface area contributed by atoms with Crippen molar-refractivity contribution in [1.29, 1.82) is 0 Å². The van der Waals surface area contributed by atoms with Crippen LogP contribution in [0.25, 0.3) is 0 Å². The van der Waals surface area contributed by atoms with Gasteiger partial charge in [-0.15, -0.1) is 0 Å². The van der Waals surface area contributed by atoms with Crippen LogP contribution < -0.4 is 15.8 Å². The van der Waals surface area contributed by atoms with Crippen LogP contribution in [-0.4, -0.2) is 19.7 Å². The summed E-state index contributed by atoms with van der Waals surface area (Å²) in [5.74, 6) is 0.939. The number of unbranched alkanes of at least 4 members (excludes halogenated alkanes) is 2. The number of rotatable bonds is 8. The number of nitrogens with two attached hydrogens (primary N) is 1. The molecule has 0 spiro atoms. The molecule has 1 aromatic rings. The smallest absolute Gasteiger partial charge is 0.119 e. The molecule has 0 aliphatic heterocycles. The highest BCUT2D eigenvalue weighted by atomic mass is 16.5. The minimum absolute atomic E-state index is 0.648. The van der Waals surface area contributed by atoms with Crippen molar-refractivity contribution in [2.45, 2.75) is 26.2 Å². The van der Waals surface area contributed by atoms with E-state index in [0.29, 0.717) is 6.54 Å². The minimum atomic E-state index is 0.648. The average molecular weight is 222 g/mol. The van der Waals surface area contributed by atoms with Gasteiger partial charge in [0.05, 0.1) is 6.61 Å². The van der Waals surface area contributed by atoms with E-state index in [1.807, 2.05) is 24.3 Å². The van der Waals surface area contributed by atoms with Crippen LogP contribution in [0.4, 0.5) is 5.69 Å². The molecule has 0 aliphatic carbocycles. The molecule has 0 saturated heterocycles. The highest BCUT2D eigenvalue weighted by Gasteiger charge is 1.94. The molecule has 0 amide bonds. The molecule has 3 heteroatoms. The van der Waals surface area contributed by atoms with Crippen LogP contribution in [-0.2, 0) is 0 Å². The summed E-state index contributed by atoms with van der Waals surface area (Å²) in [6.45, 7) is 4.45. The topological polar surface area (TPSA) is 47.3 Å². The summed E-state index contributed by atoms with van der Waals surface area (Å²) in [7, 11) is 0. The number of anilines is 1. The summed E-state index contributed by atoms with van der Waals surface area (Å²) in [5, 5.41) is 3.22. The summed E-state index contributed by atoms with van der Waals surface area (Å²) in [4.78, 5) is 0. The molecule has 0 unspecified atom stereocenters. The van der Waals surface area contributed by atoms with Crippen molar-refractivity contribution in [3.05, 3.63) is 24.3 Å². The van der Waals surface area contributed by atoms with Crippen molar-refractivity contribution in [1.82, 2.24) is 0 Å². The van der Waals surface area contributed by atoms with Crippen LogP contribution in [0.1, 0.15) is 26.2 Å². The SMILES string of the molecule is CCCCCOc1ccc(NCCN)cc1. The molecule has 3 N–H and O–H groups in total. The van der Waals surface area contributed by atoms with Gasteiger partial charge in [-0.25, -0.2) is 0 Å². The van der Waals surface area contributed by atoms with Crippen molar-refractivity contribution in [3.63, 3.8) is 0 Å². The Bertz CT molecular complexity index is 272. The monoisotopic (exact) mass is 222 g/mol.